The van der Waals surface area contributed by atoms with E-state index in [0.29, 0.717) is 6.42 Å². The van der Waals surface area contributed by atoms with Gasteiger partial charge in [-0.1, -0.05) is 28.9 Å². The van der Waals surface area contributed by atoms with Gasteiger partial charge in [0.2, 0.25) is 0 Å². The van der Waals surface area contributed by atoms with E-state index in [1.54, 1.807) is 19.1 Å². The molecule has 146 valence electrons. The molecule has 9 heteroatoms. The van der Waals surface area contributed by atoms with Crippen molar-refractivity contribution in [1.82, 2.24) is 4.90 Å². The fourth-order valence-electron chi connectivity index (χ4n) is 2.44. The van der Waals surface area contributed by atoms with Gasteiger partial charge in [-0.3, -0.25) is 9.52 Å². The predicted molar refractivity (Wildman–Crippen MR) is 104 cm³/mol. The lowest BCUT2D eigenvalue weighted by Gasteiger charge is -2.22. The number of hydrogen-bond donors (Lipinski definition) is 1. The number of alkyl halides is 2. The summed E-state index contributed by atoms with van der Waals surface area (Å²) in [5, 5.41) is 0. The van der Waals surface area contributed by atoms with Crippen LogP contribution in [0.15, 0.2) is 57.9 Å². The largest absolute Gasteiger partial charge is 0.333 e. The normalized spacial score (nSPS) is 11.4. The lowest BCUT2D eigenvalue weighted by atomic mass is 10.1. The smallest absolute Gasteiger partial charge is 0.261 e. The number of carbonyl (C=O) groups excluding carboxylic acids is 1. The first-order chi connectivity index (χ1) is 12.7. The monoisotopic (exact) mass is 460 g/mol. The Morgan fingerprint density at radius 3 is 2.44 bits per heavy atom. The second-order valence-corrected chi connectivity index (χ2v) is 8.38. The van der Waals surface area contributed by atoms with Crippen molar-refractivity contribution in [3.8, 4) is 0 Å². The highest BCUT2D eigenvalue weighted by atomic mass is 79.9. The van der Waals surface area contributed by atoms with Crippen LogP contribution in [0.4, 0.5) is 14.5 Å². The van der Waals surface area contributed by atoms with Crippen LogP contribution < -0.4 is 4.72 Å². The van der Waals surface area contributed by atoms with E-state index in [9.17, 15) is 22.0 Å². The maximum atomic E-state index is 12.7. The van der Waals surface area contributed by atoms with Crippen molar-refractivity contribution in [2.45, 2.75) is 24.7 Å². The van der Waals surface area contributed by atoms with E-state index in [1.807, 2.05) is 0 Å². The average Bonchev–Trinajstić information content (AvgIpc) is 2.60. The highest BCUT2D eigenvalue weighted by Gasteiger charge is 2.20. The van der Waals surface area contributed by atoms with Gasteiger partial charge in [0.25, 0.3) is 22.4 Å². The molecule has 0 aliphatic rings. The molecular weight excluding hydrogens is 442 g/mol. The molecule has 0 radical (unpaired) electrons. The van der Waals surface area contributed by atoms with Gasteiger partial charge in [-0.2, -0.15) is 0 Å². The predicted octanol–water partition coefficient (Wildman–Crippen LogP) is 4.37. The molecule has 0 saturated heterocycles. The van der Waals surface area contributed by atoms with E-state index < -0.39 is 28.9 Å². The molecule has 0 unspecified atom stereocenters. The molecule has 2 aromatic carbocycles. The van der Waals surface area contributed by atoms with Crippen LogP contribution in [0.1, 0.15) is 23.7 Å². The summed E-state index contributed by atoms with van der Waals surface area (Å²) in [4.78, 5) is 13.6. The molecule has 2 aromatic rings. The van der Waals surface area contributed by atoms with Crippen LogP contribution in [-0.4, -0.2) is 38.7 Å². The van der Waals surface area contributed by atoms with Gasteiger partial charge in [0, 0.05) is 22.3 Å². The van der Waals surface area contributed by atoms with Crippen molar-refractivity contribution in [3.63, 3.8) is 0 Å². The highest BCUT2D eigenvalue weighted by molar-refractivity contribution is 9.10. The first kappa shape index (κ1) is 21.3. The second-order valence-electron chi connectivity index (χ2n) is 5.78. The van der Waals surface area contributed by atoms with Crippen LogP contribution in [0.2, 0.25) is 0 Å². The summed E-state index contributed by atoms with van der Waals surface area (Å²) in [6.45, 7) is 1.31. The number of halogens is 3. The van der Waals surface area contributed by atoms with Gasteiger partial charge in [0.1, 0.15) is 0 Å². The average molecular weight is 461 g/mol. The topological polar surface area (TPSA) is 66.5 Å². The van der Waals surface area contributed by atoms with Crippen molar-refractivity contribution < 1.29 is 22.0 Å². The Kier molecular flexibility index (Phi) is 7.32. The Morgan fingerprint density at radius 1 is 1.19 bits per heavy atom. The molecule has 0 aromatic heterocycles. The van der Waals surface area contributed by atoms with Crippen LogP contribution in [0.25, 0.3) is 0 Å². The van der Waals surface area contributed by atoms with Crippen LogP contribution in [-0.2, 0) is 10.0 Å². The number of nitrogens with zero attached hydrogens (tertiary/aromatic N) is 1. The Morgan fingerprint density at radius 2 is 1.85 bits per heavy atom. The van der Waals surface area contributed by atoms with Crippen LogP contribution in [0.5, 0.6) is 0 Å². The molecule has 0 atom stereocenters. The van der Waals surface area contributed by atoms with Gasteiger partial charge >= 0.3 is 0 Å². The van der Waals surface area contributed by atoms with Gasteiger partial charge in [-0.15, -0.1) is 0 Å². The number of nitrogens with one attached hydrogen (secondary N) is 1. The highest BCUT2D eigenvalue weighted by Crippen LogP contribution is 2.20. The van der Waals surface area contributed by atoms with Crippen LogP contribution >= 0.6 is 15.9 Å². The molecular formula is C18H19BrF2N2O3S. The first-order valence-electron chi connectivity index (χ1n) is 8.19. The summed E-state index contributed by atoms with van der Waals surface area (Å²) >= 11 is 3.24. The third-order valence-electron chi connectivity index (χ3n) is 3.62. The number of amides is 1. The zero-order valence-corrected chi connectivity index (χ0v) is 16.9. The fraction of sp³-hybridized carbons (Fsp3) is 0.278. The Labute approximate surface area is 165 Å². The third kappa shape index (κ3) is 6.00. The summed E-state index contributed by atoms with van der Waals surface area (Å²) in [6, 6.07) is 11.9. The van der Waals surface area contributed by atoms with E-state index in [1.165, 1.54) is 36.4 Å². The summed E-state index contributed by atoms with van der Waals surface area (Å²) in [5.41, 5.74) is 0.317. The molecule has 27 heavy (non-hydrogen) atoms. The molecule has 0 spiro atoms. The summed E-state index contributed by atoms with van der Waals surface area (Å²) < 4.78 is 53.5. The zero-order valence-electron chi connectivity index (χ0n) is 14.5. The van der Waals surface area contributed by atoms with E-state index in [2.05, 4.69) is 20.7 Å². The lowest BCUT2D eigenvalue weighted by Crippen LogP contribution is -2.35. The standard InChI is InChI=1S/C18H19BrF2N2O3S/c1-2-10-23(12-17(20)21)18(24)13-4-3-5-15(11-13)22-27(25,26)16-8-6-14(19)7-9-16/h3-9,11,17,22H,2,10,12H2,1H3. The number of hydrogen-bond acceptors (Lipinski definition) is 3. The minimum Gasteiger partial charge on any atom is -0.333 e. The SMILES string of the molecule is CCCN(CC(F)F)C(=O)c1cccc(NS(=O)(=O)c2ccc(Br)cc2)c1. The Balaban J connectivity index is 2.23. The molecule has 0 aliphatic carbocycles. The van der Waals surface area contributed by atoms with Crippen molar-refractivity contribution in [2.24, 2.45) is 0 Å². The van der Waals surface area contributed by atoms with Crippen molar-refractivity contribution in [1.29, 1.82) is 0 Å². The summed E-state index contributed by atoms with van der Waals surface area (Å²) in [7, 11) is -3.84. The summed E-state index contributed by atoms with van der Waals surface area (Å²) in [6.07, 6.45) is -2.10. The Bertz CT molecular complexity index is 890. The molecule has 2 rings (SSSR count). The maximum Gasteiger partial charge on any atom is 0.261 e. The van der Waals surface area contributed by atoms with E-state index in [0.717, 1.165) is 9.37 Å². The minimum absolute atomic E-state index is 0.0627. The van der Waals surface area contributed by atoms with Gasteiger partial charge in [0.15, 0.2) is 0 Å². The molecule has 0 saturated carbocycles. The number of carbonyl (C=O) groups is 1. The number of benzene rings is 2. The van der Waals surface area contributed by atoms with Gasteiger partial charge < -0.3 is 4.90 Å². The third-order valence-corrected chi connectivity index (χ3v) is 5.55. The van der Waals surface area contributed by atoms with Gasteiger partial charge in [-0.05, 0) is 48.9 Å². The van der Waals surface area contributed by atoms with Crippen molar-refractivity contribution in [2.75, 3.05) is 17.8 Å². The number of sulfonamides is 1. The first-order valence-corrected chi connectivity index (χ1v) is 10.5. The minimum atomic E-state index is -3.84. The summed E-state index contributed by atoms with van der Waals surface area (Å²) in [5.74, 6) is -0.568. The van der Waals surface area contributed by atoms with E-state index >= 15 is 0 Å². The lowest BCUT2D eigenvalue weighted by molar-refractivity contribution is 0.0555. The molecule has 0 aliphatic heterocycles. The van der Waals surface area contributed by atoms with Crippen LogP contribution in [0, 0.1) is 0 Å². The van der Waals surface area contributed by atoms with E-state index in [-0.39, 0.29) is 22.7 Å². The zero-order chi connectivity index (χ0) is 20.0. The second kappa shape index (κ2) is 9.27. The molecule has 1 N–H and O–H groups in total. The Hall–Kier alpha value is -2.00. The van der Waals surface area contributed by atoms with Gasteiger partial charge in [0.05, 0.1) is 11.4 Å². The molecule has 0 fully saturated rings. The number of rotatable bonds is 8. The van der Waals surface area contributed by atoms with E-state index in [4.69, 9.17) is 0 Å². The molecule has 0 heterocycles. The maximum absolute atomic E-state index is 12.7. The molecule has 1 amide bonds. The quantitative estimate of drug-likeness (QED) is 0.635. The molecule has 0 bridgehead atoms. The van der Waals surface area contributed by atoms with Crippen molar-refractivity contribution in [3.05, 3.63) is 58.6 Å². The van der Waals surface area contributed by atoms with Crippen molar-refractivity contribution >= 4 is 37.5 Å². The fourth-order valence-corrected chi connectivity index (χ4v) is 3.75. The molecule has 5 nitrogen and oxygen atoms in total. The van der Waals surface area contributed by atoms with Crippen LogP contribution in [0.3, 0.4) is 0 Å². The van der Waals surface area contributed by atoms with Gasteiger partial charge in [-0.25, -0.2) is 17.2 Å². The number of anilines is 1.